The molecule has 210 valence electrons. The van der Waals surface area contributed by atoms with Crippen LogP contribution in [0.3, 0.4) is 0 Å². The molecule has 0 N–H and O–H groups in total. The summed E-state index contributed by atoms with van der Waals surface area (Å²) in [5, 5.41) is 0. The van der Waals surface area contributed by atoms with Gasteiger partial charge in [-0.2, -0.15) is 8.42 Å². The molecule has 0 aliphatic heterocycles. The molecule has 38 heavy (non-hydrogen) atoms. The molecule has 5 atom stereocenters. The molecule has 3 aliphatic rings. The Balaban J connectivity index is 1.34. The molecular weight excluding hydrogens is 488 g/mol. The molecule has 0 aromatic heterocycles. The number of aryl methyl sites for hydroxylation is 1. The zero-order valence-corrected chi connectivity index (χ0v) is 25.3. The van der Waals surface area contributed by atoms with Crippen molar-refractivity contribution in [3.05, 3.63) is 65.3 Å². The van der Waals surface area contributed by atoms with Gasteiger partial charge in [-0.25, -0.2) is 0 Å². The Morgan fingerprint density at radius 3 is 2.55 bits per heavy atom. The summed E-state index contributed by atoms with van der Waals surface area (Å²) >= 11 is 0. The lowest BCUT2D eigenvalue weighted by atomic mass is 9.53. The number of hydrogen-bond acceptors (Lipinski definition) is 3. The van der Waals surface area contributed by atoms with Crippen LogP contribution >= 0.6 is 0 Å². The van der Waals surface area contributed by atoms with Gasteiger partial charge in [0.1, 0.15) is 0 Å². The fourth-order valence-electron chi connectivity index (χ4n) is 7.75. The van der Waals surface area contributed by atoms with E-state index in [1.54, 1.807) is 17.7 Å². The van der Waals surface area contributed by atoms with E-state index in [1.807, 2.05) is 19.1 Å². The van der Waals surface area contributed by atoms with Crippen LogP contribution in [0.1, 0.15) is 104 Å². The molecule has 3 aliphatic carbocycles. The lowest BCUT2D eigenvalue weighted by Gasteiger charge is -2.51. The van der Waals surface area contributed by atoms with Crippen molar-refractivity contribution in [2.75, 3.05) is 6.61 Å². The topological polar surface area (TPSA) is 43.4 Å². The van der Waals surface area contributed by atoms with E-state index in [1.165, 1.54) is 56.1 Å². The molecule has 0 saturated heterocycles. The molecule has 0 spiro atoms. The second-order valence-corrected chi connectivity index (χ2v) is 14.8. The minimum atomic E-state index is -3.67. The number of unbranched alkanes of at least 4 members (excludes halogenated alkanes) is 1. The van der Waals surface area contributed by atoms with Gasteiger partial charge in [-0.1, -0.05) is 88.1 Å². The van der Waals surface area contributed by atoms with E-state index in [2.05, 4.69) is 46.4 Å². The molecule has 3 fully saturated rings. The molecule has 0 radical (unpaired) electrons. The van der Waals surface area contributed by atoms with Gasteiger partial charge in [0.2, 0.25) is 0 Å². The summed E-state index contributed by atoms with van der Waals surface area (Å²) < 4.78 is 30.3. The van der Waals surface area contributed by atoms with Gasteiger partial charge in [-0.3, -0.25) is 4.18 Å². The summed E-state index contributed by atoms with van der Waals surface area (Å²) in [5.41, 5.74) is 6.17. The first-order valence-electron chi connectivity index (χ1n) is 15.0. The first-order valence-corrected chi connectivity index (χ1v) is 16.4. The maximum Gasteiger partial charge on any atom is 0.296 e. The summed E-state index contributed by atoms with van der Waals surface area (Å²) in [5.74, 6) is 2.05. The predicted molar refractivity (Wildman–Crippen MR) is 158 cm³/mol. The smallest absolute Gasteiger partial charge is 0.266 e. The standard InChI is InChI=1S/C34H50O3S/c1-25-13-18-31(19-14-25)38(35,36)37-23-8-7-10-28(4)33(5)22-20-32-29(11-9-21-34(32,33)6)16-17-30-24-26(2)12-15-27(30)3/h13-14,16-19,26,28,32H,3,7-12,15,20-24H2,1-2,4-6H3. The maximum atomic E-state index is 12.5. The third-order valence-electron chi connectivity index (χ3n) is 10.8. The van der Waals surface area contributed by atoms with Gasteiger partial charge in [0.25, 0.3) is 10.1 Å². The number of allylic oxidation sites excluding steroid dienone is 5. The highest BCUT2D eigenvalue weighted by Gasteiger charge is 2.57. The van der Waals surface area contributed by atoms with Gasteiger partial charge in [0.15, 0.2) is 0 Å². The van der Waals surface area contributed by atoms with Crippen molar-refractivity contribution in [3.8, 4) is 0 Å². The van der Waals surface area contributed by atoms with E-state index in [0.717, 1.165) is 37.2 Å². The van der Waals surface area contributed by atoms with Crippen molar-refractivity contribution in [2.24, 2.45) is 28.6 Å². The molecule has 0 heterocycles. The molecule has 4 rings (SSSR count). The SMILES string of the molecule is C=C1CCC(C)CC1=CC=C1CCCC2(C)C1CCC2(C)C(C)CCCCOS(=O)(=O)c1ccc(C)cc1. The van der Waals surface area contributed by atoms with E-state index in [9.17, 15) is 8.42 Å². The molecule has 1 aromatic carbocycles. The Morgan fingerprint density at radius 2 is 1.82 bits per heavy atom. The van der Waals surface area contributed by atoms with Crippen LogP contribution < -0.4 is 0 Å². The molecule has 0 bridgehead atoms. The number of rotatable bonds is 9. The summed E-state index contributed by atoms with van der Waals surface area (Å²) in [4.78, 5) is 0.244. The molecule has 4 heteroatoms. The van der Waals surface area contributed by atoms with Crippen LogP contribution in [0.2, 0.25) is 0 Å². The van der Waals surface area contributed by atoms with Crippen LogP contribution in [0.5, 0.6) is 0 Å². The Kier molecular flexibility index (Phi) is 9.14. The summed E-state index contributed by atoms with van der Waals surface area (Å²) in [6.45, 7) is 16.5. The van der Waals surface area contributed by atoms with Crippen LogP contribution in [0.4, 0.5) is 0 Å². The fourth-order valence-corrected chi connectivity index (χ4v) is 8.70. The van der Waals surface area contributed by atoms with E-state index in [0.29, 0.717) is 22.7 Å². The van der Waals surface area contributed by atoms with E-state index in [-0.39, 0.29) is 11.5 Å². The van der Waals surface area contributed by atoms with Crippen molar-refractivity contribution in [1.29, 1.82) is 0 Å². The van der Waals surface area contributed by atoms with Gasteiger partial charge < -0.3 is 0 Å². The van der Waals surface area contributed by atoms with Crippen molar-refractivity contribution >= 4 is 10.1 Å². The minimum absolute atomic E-state index is 0.244. The average molecular weight is 539 g/mol. The van der Waals surface area contributed by atoms with Crippen LogP contribution in [0.15, 0.2) is 64.6 Å². The largest absolute Gasteiger partial charge is 0.296 e. The molecule has 3 nitrogen and oxygen atoms in total. The lowest BCUT2D eigenvalue weighted by Crippen LogP contribution is -2.43. The fraction of sp³-hybridized carbons (Fsp3) is 0.647. The van der Waals surface area contributed by atoms with Gasteiger partial charge in [0.05, 0.1) is 11.5 Å². The Bertz CT molecular complexity index is 1160. The number of hydrogen-bond donors (Lipinski definition) is 0. The normalized spacial score (nSPS) is 33.0. The number of benzene rings is 1. The monoisotopic (exact) mass is 538 g/mol. The van der Waals surface area contributed by atoms with Crippen LogP contribution in [-0.2, 0) is 14.3 Å². The van der Waals surface area contributed by atoms with Crippen molar-refractivity contribution in [1.82, 2.24) is 0 Å². The maximum absolute atomic E-state index is 12.5. The third-order valence-corrected chi connectivity index (χ3v) is 12.1. The van der Waals surface area contributed by atoms with Crippen LogP contribution in [0, 0.1) is 35.5 Å². The van der Waals surface area contributed by atoms with Crippen LogP contribution in [-0.4, -0.2) is 15.0 Å². The van der Waals surface area contributed by atoms with E-state index >= 15 is 0 Å². The second-order valence-electron chi connectivity index (χ2n) is 13.2. The Hall–Kier alpha value is -1.65. The van der Waals surface area contributed by atoms with E-state index in [4.69, 9.17) is 4.18 Å². The summed E-state index contributed by atoms with van der Waals surface area (Å²) in [6.07, 6.45) is 17.8. The molecule has 3 saturated carbocycles. The zero-order valence-electron chi connectivity index (χ0n) is 24.5. The first kappa shape index (κ1) is 29.3. The molecule has 1 aromatic rings. The highest BCUT2D eigenvalue weighted by Crippen LogP contribution is 2.66. The lowest BCUT2D eigenvalue weighted by molar-refractivity contribution is 0.00181. The highest BCUT2D eigenvalue weighted by molar-refractivity contribution is 7.86. The van der Waals surface area contributed by atoms with Gasteiger partial charge in [0, 0.05) is 0 Å². The molecular formula is C34H50O3S. The highest BCUT2D eigenvalue weighted by atomic mass is 32.2. The number of fused-ring (bicyclic) bond motifs is 1. The predicted octanol–water partition coefficient (Wildman–Crippen LogP) is 9.34. The summed E-state index contributed by atoms with van der Waals surface area (Å²) in [7, 11) is -3.67. The van der Waals surface area contributed by atoms with Gasteiger partial charge in [-0.15, -0.1) is 0 Å². The second kappa shape index (κ2) is 11.8. The Labute approximate surface area is 233 Å². The third kappa shape index (κ3) is 6.07. The molecule has 5 unspecified atom stereocenters. The molecule has 0 amide bonds. The Morgan fingerprint density at radius 1 is 1.08 bits per heavy atom. The van der Waals surface area contributed by atoms with E-state index < -0.39 is 10.1 Å². The minimum Gasteiger partial charge on any atom is -0.266 e. The van der Waals surface area contributed by atoms with Crippen molar-refractivity contribution in [3.63, 3.8) is 0 Å². The van der Waals surface area contributed by atoms with Crippen LogP contribution in [0.25, 0.3) is 0 Å². The average Bonchev–Trinajstić information content (AvgIpc) is 3.16. The van der Waals surface area contributed by atoms with Gasteiger partial charge in [-0.05, 0) is 111 Å². The van der Waals surface area contributed by atoms with Crippen molar-refractivity contribution in [2.45, 2.75) is 110 Å². The van der Waals surface area contributed by atoms with Crippen molar-refractivity contribution < 1.29 is 12.6 Å². The zero-order chi connectivity index (χ0) is 27.6. The first-order chi connectivity index (χ1) is 18.0. The quantitative estimate of drug-likeness (QED) is 0.232. The van der Waals surface area contributed by atoms with Gasteiger partial charge >= 0.3 is 0 Å². The summed E-state index contributed by atoms with van der Waals surface area (Å²) in [6, 6.07) is 6.87.